The first-order valence-electron chi connectivity index (χ1n) is 16.3. The zero-order valence-electron chi connectivity index (χ0n) is 28.1. The first kappa shape index (κ1) is 33.3. The van der Waals surface area contributed by atoms with Crippen molar-refractivity contribution in [2.75, 3.05) is 55.4 Å². The number of aromatic nitrogens is 4. The van der Waals surface area contributed by atoms with Gasteiger partial charge in [-0.2, -0.15) is 15.1 Å². The lowest BCUT2D eigenvalue weighted by Crippen LogP contribution is -2.49. The second-order valence-corrected chi connectivity index (χ2v) is 20.4. The Morgan fingerprint density at radius 2 is 1.77 bits per heavy atom. The molecule has 2 aliphatic rings. The number of anilines is 2. The summed E-state index contributed by atoms with van der Waals surface area (Å²) < 4.78 is 26.2. The van der Waals surface area contributed by atoms with Crippen molar-refractivity contribution in [1.82, 2.24) is 24.6 Å². The largest absolute Gasteiger partial charge is 0.609 e. The predicted octanol–water partition coefficient (Wildman–Crippen LogP) is 5.21. The third kappa shape index (κ3) is 7.74. The number of hydrogen-bond acceptors (Lipinski definition) is 9. The molecule has 11 nitrogen and oxygen atoms in total. The van der Waals surface area contributed by atoms with E-state index < -0.39 is 19.2 Å². The van der Waals surface area contributed by atoms with Gasteiger partial charge in [-0.3, -0.25) is 0 Å². The summed E-state index contributed by atoms with van der Waals surface area (Å²) in [5.41, 5.74) is 6.31. The number of ether oxygens (including phenoxy) is 2. The van der Waals surface area contributed by atoms with Crippen LogP contribution in [0.1, 0.15) is 22.4 Å². The van der Waals surface area contributed by atoms with Crippen molar-refractivity contribution in [1.29, 1.82) is 0 Å². The lowest BCUT2D eigenvalue weighted by Gasteiger charge is -2.38. The summed E-state index contributed by atoms with van der Waals surface area (Å²) in [7, 11) is -1.16. The maximum Gasteiger partial charge on any atom is 0.410 e. The molecule has 1 amide bonds. The van der Waals surface area contributed by atoms with Crippen LogP contribution in [0.2, 0.25) is 25.7 Å². The molecular formula is C34H45N7O4SSi. The van der Waals surface area contributed by atoms with Gasteiger partial charge in [0.25, 0.3) is 0 Å². The molecule has 1 unspecified atom stereocenters. The number of fused-ring (bicyclic) bond motifs is 2. The van der Waals surface area contributed by atoms with Crippen molar-refractivity contribution in [2.45, 2.75) is 64.1 Å². The van der Waals surface area contributed by atoms with Crippen LogP contribution in [-0.2, 0) is 47.0 Å². The van der Waals surface area contributed by atoms with Crippen molar-refractivity contribution >= 4 is 47.8 Å². The Hall–Kier alpha value is -3.65. The van der Waals surface area contributed by atoms with Crippen molar-refractivity contribution in [3.63, 3.8) is 0 Å². The van der Waals surface area contributed by atoms with Crippen LogP contribution in [0.3, 0.4) is 0 Å². The Morgan fingerprint density at radius 3 is 2.49 bits per heavy atom. The standard InChI is InChI=1S/C34H45N7O4SSi/c1-25-11-12-30-28(21-35-41(30)24-44-19-20-47(3,4)5)31(25)40-14-13-27-29(22-40)36-33(46(2)43)37-32(27)38-15-17-39(18-16-38)34(42)45-23-26-9-7-6-8-10-26/h6-12,21H,13-20,22-24H2,1-5H3. The van der Waals surface area contributed by atoms with Gasteiger partial charge in [-0.05, 0) is 36.6 Å². The number of hydrogen-bond donors (Lipinski definition) is 0. The molecular weight excluding hydrogens is 631 g/mol. The minimum atomic E-state index is -1.34. The normalized spacial score (nSPS) is 16.0. The van der Waals surface area contributed by atoms with Gasteiger partial charge < -0.3 is 28.7 Å². The summed E-state index contributed by atoms with van der Waals surface area (Å²) in [6, 6.07) is 15.1. The van der Waals surface area contributed by atoms with Crippen molar-refractivity contribution in [3.8, 4) is 0 Å². The van der Waals surface area contributed by atoms with Gasteiger partial charge >= 0.3 is 11.2 Å². The zero-order valence-corrected chi connectivity index (χ0v) is 29.9. The average molecular weight is 676 g/mol. The molecule has 4 heterocycles. The lowest BCUT2D eigenvalue weighted by atomic mass is 10.0. The monoisotopic (exact) mass is 675 g/mol. The highest BCUT2D eigenvalue weighted by Crippen LogP contribution is 2.36. The van der Waals surface area contributed by atoms with Gasteiger partial charge in [0.15, 0.2) is 0 Å². The number of amides is 1. The van der Waals surface area contributed by atoms with Gasteiger partial charge in [0, 0.05) is 69.5 Å². The fourth-order valence-electron chi connectivity index (χ4n) is 6.18. The quantitative estimate of drug-likeness (QED) is 0.0969. The van der Waals surface area contributed by atoms with Gasteiger partial charge in [0.2, 0.25) is 0 Å². The van der Waals surface area contributed by atoms with E-state index in [1.165, 1.54) is 5.56 Å². The summed E-state index contributed by atoms with van der Waals surface area (Å²) in [6.07, 6.45) is 4.01. The molecule has 1 saturated heterocycles. The number of benzene rings is 2. The van der Waals surface area contributed by atoms with Crippen LogP contribution in [0.15, 0.2) is 53.8 Å². The molecule has 0 N–H and O–H groups in total. The number of nitrogens with zero attached hydrogens (tertiary/aromatic N) is 7. The molecule has 0 radical (unpaired) electrons. The van der Waals surface area contributed by atoms with Gasteiger partial charge in [0.1, 0.15) is 25.4 Å². The van der Waals surface area contributed by atoms with E-state index in [-0.39, 0.29) is 12.7 Å². The SMILES string of the molecule is Cc1ccc2c(cnn2COCC[Si](C)(C)C)c1N1CCc2c(nc([S+](C)[O-])nc2N2CCN(C(=O)OCc3ccccc3)CC2)C1. The molecule has 47 heavy (non-hydrogen) atoms. The molecule has 13 heteroatoms. The van der Waals surface area contributed by atoms with Crippen molar-refractivity contribution in [2.24, 2.45) is 0 Å². The lowest BCUT2D eigenvalue weighted by molar-refractivity contribution is 0.0817. The number of rotatable bonds is 10. The van der Waals surface area contributed by atoms with E-state index in [0.717, 1.165) is 64.8 Å². The number of carbonyl (C=O) groups is 1. The van der Waals surface area contributed by atoms with E-state index >= 15 is 0 Å². The van der Waals surface area contributed by atoms with Gasteiger partial charge in [-0.1, -0.05) is 56.0 Å². The molecule has 0 aliphatic carbocycles. The summed E-state index contributed by atoms with van der Waals surface area (Å²) in [5, 5.41) is 6.12. The molecule has 4 aromatic rings. The van der Waals surface area contributed by atoms with Crippen LogP contribution in [0.25, 0.3) is 10.9 Å². The highest BCUT2D eigenvalue weighted by atomic mass is 32.2. The molecule has 2 aromatic carbocycles. The van der Waals surface area contributed by atoms with Gasteiger partial charge in [0.05, 0.1) is 29.6 Å². The Bertz CT molecular complexity index is 1700. The van der Waals surface area contributed by atoms with Crippen LogP contribution in [-0.4, -0.2) is 89.0 Å². The maximum absolute atomic E-state index is 12.8. The average Bonchev–Trinajstić information content (AvgIpc) is 3.47. The first-order valence-corrected chi connectivity index (χ1v) is 21.6. The van der Waals surface area contributed by atoms with E-state index in [2.05, 4.69) is 48.5 Å². The Labute approximate surface area is 281 Å². The highest BCUT2D eigenvalue weighted by molar-refractivity contribution is 7.90. The van der Waals surface area contributed by atoms with Crippen LogP contribution in [0.5, 0.6) is 0 Å². The molecule has 0 bridgehead atoms. The van der Waals surface area contributed by atoms with Gasteiger partial charge in [-0.15, -0.1) is 0 Å². The van der Waals surface area contributed by atoms with Crippen molar-refractivity contribution < 1.29 is 18.8 Å². The summed E-state index contributed by atoms with van der Waals surface area (Å²) in [6.45, 7) is 14.3. The fourth-order valence-corrected chi connectivity index (χ4v) is 7.39. The number of piperazine rings is 1. The van der Waals surface area contributed by atoms with E-state index in [4.69, 9.17) is 24.5 Å². The summed E-state index contributed by atoms with van der Waals surface area (Å²) in [5.74, 6) is 0.829. The Balaban J connectivity index is 1.17. The highest BCUT2D eigenvalue weighted by Gasteiger charge is 2.31. The second-order valence-electron chi connectivity index (χ2n) is 13.6. The third-order valence-corrected chi connectivity index (χ3v) is 11.2. The number of aryl methyl sites for hydroxylation is 1. The van der Waals surface area contributed by atoms with Crippen molar-refractivity contribution in [3.05, 3.63) is 71.0 Å². The number of carbonyl (C=O) groups excluding carboxylic acids is 1. The van der Waals surface area contributed by atoms with E-state index in [1.807, 2.05) is 41.2 Å². The minimum Gasteiger partial charge on any atom is -0.609 e. The smallest absolute Gasteiger partial charge is 0.410 e. The third-order valence-electron chi connectivity index (χ3n) is 8.85. The van der Waals surface area contributed by atoms with Crippen LogP contribution >= 0.6 is 0 Å². The van der Waals surface area contributed by atoms with E-state index in [0.29, 0.717) is 44.6 Å². The topological polar surface area (TPSA) is 112 Å². The molecule has 0 spiro atoms. The van der Waals surface area contributed by atoms with E-state index in [1.54, 1.807) is 11.2 Å². The fraction of sp³-hybridized carbons (Fsp3) is 0.471. The van der Waals surface area contributed by atoms with Crippen LogP contribution < -0.4 is 9.80 Å². The first-order chi connectivity index (χ1) is 22.6. The molecule has 0 saturated carbocycles. The van der Waals surface area contributed by atoms with Crippen LogP contribution in [0, 0.1) is 6.92 Å². The molecule has 6 rings (SSSR count). The molecule has 2 aromatic heterocycles. The second kappa shape index (κ2) is 14.2. The minimum absolute atomic E-state index is 0.252. The van der Waals surface area contributed by atoms with Gasteiger partial charge in [-0.25, -0.2) is 9.48 Å². The van der Waals surface area contributed by atoms with Crippen LogP contribution in [0.4, 0.5) is 16.3 Å². The molecule has 1 fully saturated rings. The predicted molar refractivity (Wildman–Crippen MR) is 188 cm³/mol. The zero-order chi connectivity index (χ0) is 33.1. The summed E-state index contributed by atoms with van der Waals surface area (Å²) in [4.78, 5) is 28.7. The molecule has 250 valence electrons. The molecule has 2 aliphatic heterocycles. The maximum atomic E-state index is 12.8. The Kier molecular flexibility index (Phi) is 10.1. The Morgan fingerprint density at radius 1 is 1.00 bits per heavy atom. The van der Waals surface area contributed by atoms with E-state index in [9.17, 15) is 9.35 Å². The molecule has 1 atom stereocenters. The summed E-state index contributed by atoms with van der Waals surface area (Å²) >= 11 is -1.34.